The van der Waals surface area contributed by atoms with Crippen LogP contribution in [0.5, 0.6) is 0 Å². The Labute approximate surface area is 136 Å². The molecular formula is C16H15BrN2O3. The number of benzene rings is 2. The average Bonchev–Trinajstić information content (AvgIpc) is 2.55. The van der Waals surface area contributed by atoms with Crippen LogP contribution in [0.3, 0.4) is 0 Å². The first-order valence-electron chi connectivity index (χ1n) is 6.55. The highest BCUT2D eigenvalue weighted by Crippen LogP contribution is 2.15. The van der Waals surface area contributed by atoms with Crippen LogP contribution in [0.1, 0.15) is 22.0 Å². The van der Waals surface area contributed by atoms with Gasteiger partial charge in [-0.1, -0.05) is 46.3 Å². The largest absolute Gasteiger partial charge is 0.367 e. The zero-order valence-electron chi connectivity index (χ0n) is 11.9. The minimum absolute atomic E-state index is 0.399. The quantitative estimate of drug-likeness (QED) is 0.821. The first-order chi connectivity index (χ1) is 10.6. The molecule has 0 saturated heterocycles. The molecule has 2 amide bonds. The predicted molar refractivity (Wildman–Crippen MR) is 85.9 cm³/mol. The average molecular weight is 363 g/mol. The van der Waals surface area contributed by atoms with E-state index in [0.717, 1.165) is 4.47 Å². The molecule has 0 heterocycles. The van der Waals surface area contributed by atoms with Gasteiger partial charge in [-0.25, -0.2) is 0 Å². The molecule has 1 atom stereocenters. The summed E-state index contributed by atoms with van der Waals surface area (Å²) < 4.78 is 6.05. The monoisotopic (exact) mass is 362 g/mol. The molecule has 114 valence electrons. The van der Waals surface area contributed by atoms with Gasteiger partial charge in [0.25, 0.3) is 11.8 Å². The van der Waals surface area contributed by atoms with Gasteiger partial charge in [0.15, 0.2) is 6.10 Å². The lowest BCUT2D eigenvalue weighted by atomic mass is 10.1. The maximum absolute atomic E-state index is 12.1. The van der Waals surface area contributed by atoms with Crippen LogP contribution >= 0.6 is 15.9 Å². The van der Waals surface area contributed by atoms with Crippen molar-refractivity contribution >= 4 is 27.7 Å². The Morgan fingerprint density at radius 2 is 1.64 bits per heavy atom. The van der Waals surface area contributed by atoms with Crippen molar-refractivity contribution in [1.82, 2.24) is 10.9 Å². The summed E-state index contributed by atoms with van der Waals surface area (Å²) >= 11 is 3.29. The number of halogens is 1. The molecule has 2 aromatic carbocycles. The summed E-state index contributed by atoms with van der Waals surface area (Å²) in [6.45, 7) is 0. The van der Waals surface area contributed by atoms with Crippen molar-refractivity contribution in [3.63, 3.8) is 0 Å². The molecule has 0 aliphatic rings. The zero-order valence-corrected chi connectivity index (χ0v) is 13.5. The summed E-state index contributed by atoms with van der Waals surface area (Å²) in [7, 11) is 1.44. The second kappa shape index (κ2) is 7.72. The Kier molecular flexibility index (Phi) is 5.68. The van der Waals surface area contributed by atoms with Gasteiger partial charge in [-0.2, -0.15) is 0 Å². The summed E-state index contributed by atoms with van der Waals surface area (Å²) in [5.74, 6) is -0.845. The van der Waals surface area contributed by atoms with Crippen LogP contribution in [0.4, 0.5) is 0 Å². The van der Waals surface area contributed by atoms with E-state index in [1.165, 1.54) is 7.11 Å². The number of methoxy groups -OCH3 is 1. The van der Waals surface area contributed by atoms with Crippen LogP contribution in [-0.2, 0) is 9.53 Å². The molecule has 6 heteroatoms. The Morgan fingerprint density at radius 1 is 1.00 bits per heavy atom. The van der Waals surface area contributed by atoms with E-state index < -0.39 is 17.9 Å². The molecule has 0 aliphatic carbocycles. The smallest absolute Gasteiger partial charge is 0.272 e. The third-order valence-electron chi connectivity index (χ3n) is 2.98. The van der Waals surface area contributed by atoms with Crippen molar-refractivity contribution in [3.05, 3.63) is 70.2 Å². The lowest BCUT2D eigenvalue weighted by molar-refractivity contribution is -0.132. The highest BCUT2D eigenvalue weighted by Gasteiger charge is 2.20. The van der Waals surface area contributed by atoms with Crippen molar-refractivity contribution in [2.75, 3.05) is 7.11 Å². The summed E-state index contributed by atoms with van der Waals surface area (Å²) in [5, 5.41) is 0. The maximum Gasteiger partial charge on any atom is 0.272 e. The molecule has 2 N–H and O–H groups in total. The second-order valence-corrected chi connectivity index (χ2v) is 5.39. The van der Waals surface area contributed by atoms with E-state index in [2.05, 4.69) is 26.8 Å². The van der Waals surface area contributed by atoms with Gasteiger partial charge < -0.3 is 4.74 Å². The molecule has 2 rings (SSSR count). The highest BCUT2D eigenvalue weighted by atomic mass is 79.9. The van der Waals surface area contributed by atoms with Crippen molar-refractivity contribution in [1.29, 1.82) is 0 Å². The summed E-state index contributed by atoms with van der Waals surface area (Å²) in [6, 6.07) is 15.8. The molecule has 0 saturated carbocycles. The van der Waals surface area contributed by atoms with E-state index >= 15 is 0 Å². The fourth-order valence-electron chi connectivity index (χ4n) is 1.88. The van der Waals surface area contributed by atoms with Gasteiger partial charge in [-0.05, 0) is 29.8 Å². The van der Waals surface area contributed by atoms with Crippen molar-refractivity contribution < 1.29 is 14.3 Å². The summed E-state index contributed by atoms with van der Waals surface area (Å²) in [5.41, 5.74) is 5.89. The zero-order chi connectivity index (χ0) is 15.9. The molecule has 0 spiro atoms. The predicted octanol–water partition coefficient (Wildman–Crippen LogP) is 2.60. The third-order valence-corrected chi connectivity index (χ3v) is 3.51. The molecule has 5 nitrogen and oxygen atoms in total. The maximum atomic E-state index is 12.1. The highest BCUT2D eigenvalue weighted by molar-refractivity contribution is 9.10. The van der Waals surface area contributed by atoms with Gasteiger partial charge in [0.05, 0.1) is 0 Å². The first kappa shape index (κ1) is 16.2. The van der Waals surface area contributed by atoms with E-state index in [9.17, 15) is 9.59 Å². The number of hydrogen-bond donors (Lipinski definition) is 2. The Bertz CT molecular complexity index is 644. The fraction of sp³-hybridized carbons (Fsp3) is 0.125. The number of carbonyl (C=O) groups is 2. The van der Waals surface area contributed by atoms with Crippen LogP contribution in [0.15, 0.2) is 59.1 Å². The fourth-order valence-corrected chi connectivity index (χ4v) is 2.14. The summed E-state index contributed by atoms with van der Waals surface area (Å²) in [4.78, 5) is 24.0. The van der Waals surface area contributed by atoms with Crippen molar-refractivity contribution in [3.8, 4) is 0 Å². The van der Waals surface area contributed by atoms with E-state index in [4.69, 9.17) is 4.74 Å². The SMILES string of the molecule is COC(C(=O)NNC(=O)c1ccc(Br)cc1)c1ccccc1. The van der Waals surface area contributed by atoms with Gasteiger partial charge in [0, 0.05) is 17.1 Å². The van der Waals surface area contributed by atoms with Gasteiger partial charge in [-0.15, -0.1) is 0 Å². The van der Waals surface area contributed by atoms with E-state index in [1.807, 2.05) is 18.2 Å². The van der Waals surface area contributed by atoms with Crippen LogP contribution in [-0.4, -0.2) is 18.9 Å². The Balaban J connectivity index is 1.96. The molecule has 22 heavy (non-hydrogen) atoms. The number of carbonyl (C=O) groups excluding carboxylic acids is 2. The number of ether oxygens (including phenoxy) is 1. The van der Waals surface area contributed by atoms with Crippen molar-refractivity contribution in [2.24, 2.45) is 0 Å². The Morgan fingerprint density at radius 3 is 2.23 bits per heavy atom. The molecule has 2 aromatic rings. The van der Waals surface area contributed by atoms with E-state index in [1.54, 1.807) is 36.4 Å². The molecular weight excluding hydrogens is 348 g/mol. The van der Waals surface area contributed by atoms with Crippen LogP contribution in [0.2, 0.25) is 0 Å². The normalized spacial score (nSPS) is 11.5. The molecule has 0 bridgehead atoms. The molecule has 0 aromatic heterocycles. The van der Waals surface area contributed by atoms with Crippen LogP contribution in [0, 0.1) is 0 Å². The molecule has 0 radical (unpaired) electrons. The number of nitrogens with one attached hydrogen (secondary N) is 2. The van der Waals surface area contributed by atoms with Crippen LogP contribution in [0.25, 0.3) is 0 Å². The number of amides is 2. The number of rotatable bonds is 4. The minimum atomic E-state index is -0.786. The van der Waals surface area contributed by atoms with Crippen LogP contribution < -0.4 is 10.9 Å². The topological polar surface area (TPSA) is 67.4 Å². The molecule has 1 unspecified atom stereocenters. The lowest BCUT2D eigenvalue weighted by Crippen LogP contribution is -2.44. The third kappa shape index (κ3) is 4.16. The Hall–Kier alpha value is -2.18. The minimum Gasteiger partial charge on any atom is -0.367 e. The van der Waals surface area contributed by atoms with Gasteiger partial charge in [0.2, 0.25) is 0 Å². The van der Waals surface area contributed by atoms with E-state index in [0.29, 0.717) is 11.1 Å². The van der Waals surface area contributed by atoms with Gasteiger partial charge >= 0.3 is 0 Å². The second-order valence-electron chi connectivity index (χ2n) is 4.48. The standard InChI is InChI=1S/C16H15BrN2O3/c1-22-14(11-5-3-2-4-6-11)16(21)19-18-15(20)12-7-9-13(17)10-8-12/h2-10,14H,1H3,(H,18,20)(H,19,21). The van der Waals surface area contributed by atoms with E-state index in [-0.39, 0.29) is 0 Å². The first-order valence-corrected chi connectivity index (χ1v) is 7.34. The lowest BCUT2D eigenvalue weighted by Gasteiger charge is -2.16. The number of hydrazine groups is 1. The molecule has 0 aliphatic heterocycles. The molecule has 0 fully saturated rings. The summed E-state index contributed by atoms with van der Waals surface area (Å²) in [6.07, 6.45) is -0.786. The van der Waals surface area contributed by atoms with Crippen molar-refractivity contribution in [2.45, 2.75) is 6.10 Å². The van der Waals surface area contributed by atoms with Gasteiger partial charge in [0.1, 0.15) is 0 Å². The number of hydrogen-bond acceptors (Lipinski definition) is 3. The van der Waals surface area contributed by atoms with Gasteiger partial charge in [-0.3, -0.25) is 20.4 Å².